The monoisotopic (exact) mass is 296 g/mol. The van der Waals surface area contributed by atoms with E-state index >= 15 is 0 Å². The van der Waals surface area contributed by atoms with Crippen LogP contribution in [0.5, 0.6) is 0 Å². The summed E-state index contributed by atoms with van der Waals surface area (Å²) in [5.41, 5.74) is 0.835. The number of nitrogens with one attached hydrogen (secondary N) is 1. The van der Waals surface area contributed by atoms with Crippen molar-refractivity contribution >= 4 is 28.6 Å². The third-order valence-corrected chi connectivity index (χ3v) is 4.04. The molecule has 1 unspecified atom stereocenters. The fourth-order valence-electron chi connectivity index (χ4n) is 1.83. The molecule has 1 heterocycles. The predicted molar refractivity (Wildman–Crippen MR) is 77.7 cm³/mol. The van der Waals surface area contributed by atoms with Gasteiger partial charge in [-0.15, -0.1) is 11.3 Å². The first-order valence-corrected chi connectivity index (χ1v) is 6.98. The lowest BCUT2D eigenvalue weighted by atomic mass is 10.1. The van der Waals surface area contributed by atoms with Crippen LogP contribution in [0.15, 0.2) is 36.4 Å². The van der Waals surface area contributed by atoms with Crippen LogP contribution in [0.25, 0.3) is 0 Å². The topological polar surface area (TPSA) is 55.2 Å². The van der Waals surface area contributed by atoms with Gasteiger partial charge in [0.1, 0.15) is 0 Å². The van der Waals surface area contributed by atoms with Crippen LogP contribution < -0.4 is 5.32 Å². The molecule has 2 rings (SSSR count). The average molecular weight is 297 g/mol. The second-order valence-corrected chi connectivity index (χ2v) is 5.92. The molecule has 6 heteroatoms. The molecule has 0 aliphatic carbocycles. The Hall–Kier alpha value is -1.43. The molecule has 1 N–H and O–H groups in total. The number of thiophene rings is 1. The second-order valence-electron chi connectivity index (χ2n) is 4.12. The molecule has 1 aromatic heterocycles. The highest BCUT2D eigenvalue weighted by atomic mass is 35.5. The molecule has 0 aliphatic rings. The minimum atomic E-state index is -0.352. The number of benzene rings is 1. The van der Waals surface area contributed by atoms with E-state index in [4.69, 9.17) is 11.6 Å². The number of rotatable bonds is 5. The lowest BCUT2D eigenvalue weighted by Crippen LogP contribution is -2.18. The van der Waals surface area contributed by atoms with Crippen LogP contribution in [0.4, 0.5) is 5.69 Å². The molecule has 4 nitrogen and oxygen atoms in total. The Balaban J connectivity index is 2.07. The van der Waals surface area contributed by atoms with Gasteiger partial charge in [-0.3, -0.25) is 10.1 Å². The van der Waals surface area contributed by atoms with Crippen molar-refractivity contribution in [3.05, 3.63) is 61.3 Å². The smallest absolute Gasteiger partial charge is 0.274 e. The Morgan fingerprint density at radius 1 is 1.37 bits per heavy atom. The summed E-state index contributed by atoms with van der Waals surface area (Å²) >= 11 is 7.37. The number of nitro benzene ring substituents is 1. The normalized spacial score (nSPS) is 12.3. The molecular weight excluding hydrogens is 284 g/mol. The van der Waals surface area contributed by atoms with Crippen molar-refractivity contribution in [3.8, 4) is 0 Å². The van der Waals surface area contributed by atoms with Crippen molar-refractivity contribution in [3.63, 3.8) is 0 Å². The molecule has 0 amide bonds. The lowest BCUT2D eigenvalue weighted by molar-refractivity contribution is -0.385. The standard InChI is InChI=1S/C13H13ClN2O2S/c1-9(15-8-10-6-7-13(14)19-10)11-4-2-3-5-12(11)16(17)18/h2-7,9,15H,8H2,1H3. The van der Waals surface area contributed by atoms with Crippen LogP contribution in [0.2, 0.25) is 4.34 Å². The van der Waals surface area contributed by atoms with Crippen LogP contribution in [0.1, 0.15) is 23.4 Å². The molecule has 0 aliphatic heterocycles. The Morgan fingerprint density at radius 2 is 2.11 bits per heavy atom. The van der Waals surface area contributed by atoms with Gasteiger partial charge in [0.2, 0.25) is 0 Å². The number of para-hydroxylation sites is 1. The Labute approximate surface area is 120 Å². The van der Waals surface area contributed by atoms with Crippen molar-refractivity contribution < 1.29 is 4.92 Å². The Morgan fingerprint density at radius 3 is 2.74 bits per heavy atom. The Bertz CT molecular complexity index is 586. The summed E-state index contributed by atoms with van der Waals surface area (Å²) < 4.78 is 0.746. The number of nitrogens with zero attached hydrogens (tertiary/aromatic N) is 1. The van der Waals surface area contributed by atoms with E-state index in [1.165, 1.54) is 17.4 Å². The third-order valence-electron chi connectivity index (χ3n) is 2.81. The molecule has 1 atom stereocenters. The second kappa shape index (κ2) is 6.14. The van der Waals surface area contributed by atoms with Crippen LogP contribution >= 0.6 is 22.9 Å². The van der Waals surface area contributed by atoms with Gasteiger partial charge < -0.3 is 5.32 Å². The van der Waals surface area contributed by atoms with Crippen LogP contribution in [-0.2, 0) is 6.54 Å². The zero-order chi connectivity index (χ0) is 13.8. The minimum Gasteiger partial charge on any atom is -0.305 e. The third kappa shape index (κ3) is 3.53. The van der Waals surface area contributed by atoms with Crippen LogP contribution in [-0.4, -0.2) is 4.92 Å². The average Bonchev–Trinajstić information content (AvgIpc) is 2.81. The van der Waals surface area contributed by atoms with Crippen molar-refractivity contribution in [2.75, 3.05) is 0 Å². The maximum absolute atomic E-state index is 11.0. The first kappa shape index (κ1) is 14.0. The molecule has 0 saturated heterocycles. The molecule has 0 radical (unpaired) electrons. The maximum atomic E-state index is 11.0. The minimum absolute atomic E-state index is 0.0949. The van der Waals surface area contributed by atoms with E-state index in [0.29, 0.717) is 12.1 Å². The number of hydrogen-bond acceptors (Lipinski definition) is 4. The van der Waals surface area contributed by atoms with Crippen molar-refractivity contribution in [2.24, 2.45) is 0 Å². The molecule has 0 saturated carbocycles. The summed E-state index contributed by atoms with van der Waals surface area (Å²) in [4.78, 5) is 11.7. The summed E-state index contributed by atoms with van der Waals surface area (Å²) in [5.74, 6) is 0. The zero-order valence-electron chi connectivity index (χ0n) is 10.3. The van der Waals surface area contributed by atoms with Crippen LogP contribution in [0.3, 0.4) is 0 Å². The molecular formula is C13H13ClN2O2S. The zero-order valence-corrected chi connectivity index (χ0v) is 11.9. The molecule has 1 aromatic carbocycles. The largest absolute Gasteiger partial charge is 0.305 e. The SMILES string of the molecule is CC(NCc1ccc(Cl)s1)c1ccccc1[N+](=O)[O-]. The highest BCUT2D eigenvalue weighted by molar-refractivity contribution is 7.16. The highest BCUT2D eigenvalue weighted by Gasteiger charge is 2.17. The van der Waals surface area contributed by atoms with Gasteiger partial charge in [0.05, 0.1) is 9.26 Å². The number of nitro groups is 1. The highest BCUT2D eigenvalue weighted by Crippen LogP contribution is 2.26. The van der Waals surface area contributed by atoms with Gasteiger partial charge in [0, 0.05) is 29.1 Å². The van der Waals surface area contributed by atoms with Crippen molar-refractivity contribution in [1.82, 2.24) is 5.32 Å². The predicted octanol–water partition coefficient (Wildman–Crippen LogP) is 4.16. The number of hydrogen-bond donors (Lipinski definition) is 1. The van der Waals surface area contributed by atoms with Gasteiger partial charge in [-0.1, -0.05) is 29.8 Å². The van der Waals surface area contributed by atoms with Crippen LogP contribution in [0, 0.1) is 10.1 Å². The van der Waals surface area contributed by atoms with E-state index in [0.717, 1.165) is 9.21 Å². The van der Waals surface area contributed by atoms with Gasteiger partial charge in [0.15, 0.2) is 0 Å². The molecule has 0 fully saturated rings. The first-order valence-electron chi connectivity index (χ1n) is 5.79. The van der Waals surface area contributed by atoms with Gasteiger partial charge in [-0.25, -0.2) is 0 Å². The summed E-state index contributed by atoms with van der Waals surface area (Å²) in [6.45, 7) is 2.56. The van der Waals surface area contributed by atoms with E-state index in [1.807, 2.05) is 25.1 Å². The summed E-state index contributed by atoms with van der Waals surface area (Å²) in [6, 6.07) is 10.5. The van der Waals surface area contributed by atoms with E-state index in [2.05, 4.69) is 5.32 Å². The Kier molecular flexibility index (Phi) is 4.52. The first-order chi connectivity index (χ1) is 9.08. The van der Waals surface area contributed by atoms with Crippen molar-refractivity contribution in [1.29, 1.82) is 0 Å². The summed E-state index contributed by atoms with van der Waals surface area (Å²) in [5, 5.41) is 14.2. The molecule has 100 valence electrons. The summed E-state index contributed by atoms with van der Waals surface area (Å²) in [6.07, 6.45) is 0. The number of halogens is 1. The lowest BCUT2D eigenvalue weighted by Gasteiger charge is -2.13. The van der Waals surface area contributed by atoms with E-state index in [1.54, 1.807) is 12.1 Å². The molecule has 0 spiro atoms. The fraction of sp³-hybridized carbons (Fsp3) is 0.231. The van der Waals surface area contributed by atoms with E-state index < -0.39 is 0 Å². The quantitative estimate of drug-likeness (QED) is 0.666. The molecule has 19 heavy (non-hydrogen) atoms. The summed E-state index contributed by atoms with van der Waals surface area (Å²) in [7, 11) is 0. The molecule has 0 bridgehead atoms. The van der Waals surface area contributed by atoms with E-state index in [9.17, 15) is 10.1 Å². The maximum Gasteiger partial charge on any atom is 0.274 e. The fourth-order valence-corrected chi connectivity index (χ4v) is 2.87. The molecule has 2 aromatic rings. The van der Waals surface area contributed by atoms with Crippen molar-refractivity contribution in [2.45, 2.75) is 19.5 Å². The van der Waals surface area contributed by atoms with Gasteiger partial charge in [-0.05, 0) is 19.1 Å². The van der Waals surface area contributed by atoms with Gasteiger partial charge in [0.25, 0.3) is 5.69 Å². The van der Waals surface area contributed by atoms with Gasteiger partial charge >= 0.3 is 0 Å². The van der Waals surface area contributed by atoms with E-state index in [-0.39, 0.29) is 16.7 Å². The van der Waals surface area contributed by atoms with Gasteiger partial charge in [-0.2, -0.15) is 0 Å².